The summed E-state index contributed by atoms with van der Waals surface area (Å²) in [4.78, 5) is 26.9. The first-order valence-electron chi connectivity index (χ1n) is 6.97. The first kappa shape index (κ1) is 19.0. The van der Waals surface area contributed by atoms with Gasteiger partial charge in [0, 0.05) is 6.04 Å². The van der Waals surface area contributed by atoms with Crippen molar-refractivity contribution in [1.82, 2.24) is 5.32 Å². The number of ether oxygens (including phenoxy) is 1. The van der Waals surface area contributed by atoms with Crippen LogP contribution in [-0.4, -0.2) is 35.7 Å². The smallest absolute Gasteiger partial charge is 0.444 e. The Morgan fingerprint density at radius 2 is 1.83 bits per heavy atom. The minimum atomic E-state index is -4.83. The van der Waals surface area contributed by atoms with Crippen molar-refractivity contribution < 1.29 is 32.3 Å². The van der Waals surface area contributed by atoms with E-state index in [2.05, 4.69) is 21.0 Å². The molecule has 0 heterocycles. The van der Waals surface area contributed by atoms with Crippen LogP contribution in [-0.2, 0) is 14.4 Å². The first-order chi connectivity index (χ1) is 10.4. The van der Waals surface area contributed by atoms with Gasteiger partial charge in [0.2, 0.25) is 5.84 Å². The molecule has 10 heteroatoms. The summed E-state index contributed by atoms with van der Waals surface area (Å²) in [5, 5.41) is 5.18. The molecule has 1 amide bonds. The molecule has 0 aromatic heterocycles. The largest absolute Gasteiger partial charge is 0.452 e. The van der Waals surface area contributed by atoms with E-state index in [4.69, 9.17) is 4.74 Å². The van der Waals surface area contributed by atoms with Gasteiger partial charge in [-0.15, -0.1) is 0 Å². The molecule has 1 fully saturated rings. The van der Waals surface area contributed by atoms with E-state index in [1.165, 1.54) is 0 Å². The molecule has 1 rings (SSSR count). The van der Waals surface area contributed by atoms with Crippen molar-refractivity contribution in [1.29, 1.82) is 0 Å². The fourth-order valence-corrected chi connectivity index (χ4v) is 1.92. The fourth-order valence-electron chi connectivity index (χ4n) is 1.92. The van der Waals surface area contributed by atoms with E-state index in [1.54, 1.807) is 20.8 Å². The fraction of sp³-hybridized carbons (Fsp3) is 0.769. The predicted molar refractivity (Wildman–Crippen MR) is 74.3 cm³/mol. The highest BCUT2D eigenvalue weighted by Gasteiger charge is 2.36. The molecule has 0 saturated heterocycles. The minimum absolute atomic E-state index is 0.0928. The molecule has 0 spiro atoms. The number of nitrogens with zero attached hydrogens (tertiary/aromatic N) is 1. The van der Waals surface area contributed by atoms with Gasteiger partial charge in [-0.25, -0.2) is 9.59 Å². The van der Waals surface area contributed by atoms with Gasteiger partial charge in [0.15, 0.2) is 0 Å². The molecule has 1 aliphatic carbocycles. The number of carbonyl (C=O) groups is 2. The molecule has 7 nitrogen and oxygen atoms in total. The maximum atomic E-state index is 12.0. The molecular formula is C13H20F3N3O4. The second-order valence-electron chi connectivity index (χ2n) is 6.32. The summed E-state index contributed by atoms with van der Waals surface area (Å²) >= 11 is 0. The lowest BCUT2D eigenvalue weighted by atomic mass is 9.78. The molecule has 1 aliphatic rings. The predicted octanol–water partition coefficient (Wildman–Crippen LogP) is 2.06. The van der Waals surface area contributed by atoms with E-state index >= 15 is 0 Å². The number of nitrogens with two attached hydrogens (primary N) is 1. The number of amidine groups is 1. The van der Waals surface area contributed by atoms with Crippen LogP contribution in [0.5, 0.6) is 0 Å². The van der Waals surface area contributed by atoms with Crippen LogP contribution in [0.25, 0.3) is 0 Å². The third kappa shape index (κ3) is 7.20. The molecule has 0 aliphatic heterocycles. The van der Waals surface area contributed by atoms with Crippen LogP contribution in [0.2, 0.25) is 0 Å². The Labute approximate surface area is 131 Å². The van der Waals surface area contributed by atoms with Crippen molar-refractivity contribution >= 4 is 17.9 Å². The van der Waals surface area contributed by atoms with Crippen molar-refractivity contribution in [2.75, 3.05) is 0 Å². The molecule has 132 valence electrons. The molecule has 1 saturated carbocycles. The number of alkyl carbamates (subject to hydrolysis) is 1. The zero-order valence-corrected chi connectivity index (χ0v) is 13.1. The standard InChI is InChI=1S/C13H20F3N3O4/c1-12(2,3)22-11(21)18-8-4-7(5-8)6-9(20)23-19-10(17)13(14,15)16/h7-8H,4-6H2,1-3H3,(H2,17,19)(H,18,21). The molecule has 0 atom stereocenters. The topological polar surface area (TPSA) is 103 Å². The van der Waals surface area contributed by atoms with Gasteiger partial charge >= 0.3 is 18.2 Å². The maximum Gasteiger partial charge on any atom is 0.452 e. The summed E-state index contributed by atoms with van der Waals surface area (Å²) in [7, 11) is 0. The number of rotatable bonds is 4. The Balaban J connectivity index is 2.25. The van der Waals surface area contributed by atoms with E-state index in [0.717, 1.165) is 0 Å². The van der Waals surface area contributed by atoms with E-state index in [-0.39, 0.29) is 18.4 Å². The van der Waals surface area contributed by atoms with Crippen molar-refractivity contribution in [3.8, 4) is 0 Å². The average molecular weight is 339 g/mol. The lowest BCUT2D eigenvalue weighted by molar-refractivity contribution is -0.146. The van der Waals surface area contributed by atoms with Gasteiger partial charge in [-0.05, 0) is 39.5 Å². The van der Waals surface area contributed by atoms with E-state index in [0.29, 0.717) is 12.8 Å². The number of alkyl halides is 3. The number of nitrogens with one attached hydrogen (secondary N) is 1. The van der Waals surface area contributed by atoms with Gasteiger partial charge in [-0.3, -0.25) is 0 Å². The van der Waals surface area contributed by atoms with Crippen LogP contribution in [0, 0.1) is 5.92 Å². The minimum Gasteiger partial charge on any atom is -0.444 e. The van der Waals surface area contributed by atoms with Gasteiger partial charge in [-0.1, -0.05) is 5.16 Å². The number of carbonyl (C=O) groups excluding carboxylic acids is 2. The van der Waals surface area contributed by atoms with E-state index in [9.17, 15) is 22.8 Å². The van der Waals surface area contributed by atoms with Crippen LogP contribution in [0.15, 0.2) is 5.16 Å². The van der Waals surface area contributed by atoms with Crippen molar-refractivity contribution in [2.45, 2.75) is 57.9 Å². The highest BCUT2D eigenvalue weighted by molar-refractivity contribution is 5.86. The summed E-state index contributed by atoms with van der Waals surface area (Å²) < 4.78 is 41.2. The lowest BCUT2D eigenvalue weighted by Crippen LogP contribution is -2.46. The van der Waals surface area contributed by atoms with Gasteiger partial charge < -0.3 is 20.6 Å². The second kappa shape index (κ2) is 7.05. The van der Waals surface area contributed by atoms with Gasteiger partial charge in [0.05, 0.1) is 6.42 Å². The van der Waals surface area contributed by atoms with Crippen LogP contribution >= 0.6 is 0 Å². The molecule has 0 unspecified atom stereocenters. The monoisotopic (exact) mass is 339 g/mol. The number of hydrogen-bond donors (Lipinski definition) is 2. The number of hydrogen-bond acceptors (Lipinski definition) is 5. The maximum absolute atomic E-state index is 12.0. The molecule has 0 aromatic carbocycles. The average Bonchev–Trinajstić information content (AvgIpc) is 2.29. The molecular weight excluding hydrogens is 319 g/mol. The third-order valence-corrected chi connectivity index (χ3v) is 2.95. The van der Waals surface area contributed by atoms with Crippen molar-refractivity contribution in [3.63, 3.8) is 0 Å². The Kier molecular flexibility index (Phi) is 5.84. The van der Waals surface area contributed by atoms with Crippen LogP contribution in [0.1, 0.15) is 40.0 Å². The molecule has 0 aromatic rings. The SMILES string of the molecule is CC(C)(C)OC(=O)NC1CC(CC(=O)O/N=C(/N)C(F)(F)F)C1. The number of amides is 1. The summed E-state index contributed by atoms with van der Waals surface area (Å²) in [5.41, 5.74) is 3.99. The van der Waals surface area contributed by atoms with Crippen molar-refractivity contribution in [3.05, 3.63) is 0 Å². The molecule has 0 radical (unpaired) electrons. The summed E-state index contributed by atoms with van der Waals surface area (Å²) in [6.45, 7) is 5.21. The summed E-state index contributed by atoms with van der Waals surface area (Å²) in [6, 6.07) is -0.133. The Bertz CT molecular complexity index is 480. The molecule has 23 heavy (non-hydrogen) atoms. The Morgan fingerprint density at radius 3 is 2.30 bits per heavy atom. The normalized spacial score (nSPS) is 22.1. The Hall–Kier alpha value is -2.00. The molecule has 3 N–H and O–H groups in total. The van der Waals surface area contributed by atoms with E-state index < -0.39 is 29.7 Å². The third-order valence-electron chi connectivity index (χ3n) is 2.95. The first-order valence-corrected chi connectivity index (χ1v) is 6.97. The second-order valence-corrected chi connectivity index (χ2v) is 6.32. The van der Waals surface area contributed by atoms with E-state index in [1.807, 2.05) is 0 Å². The van der Waals surface area contributed by atoms with Crippen LogP contribution < -0.4 is 11.1 Å². The highest BCUT2D eigenvalue weighted by Crippen LogP contribution is 2.31. The number of oxime groups is 1. The summed E-state index contributed by atoms with van der Waals surface area (Å²) in [5.74, 6) is -2.72. The molecule has 0 bridgehead atoms. The summed E-state index contributed by atoms with van der Waals surface area (Å²) in [6.07, 6.45) is -4.47. The van der Waals surface area contributed by atoms with Crippen LogP contribution in [0.3, 0.4) is 0 Å². The lowest BCUT2D eigenvalue weighted by Gasteiger charge is -2.35. The van der Waals surface area contributed by atoms with Gasteiger partial charge in [-0.2, -0.15) is 13.2 Å². The van der Waals surface area contributed by atoms with Gasteiger partial charge in [0.1, 0.15) is 5.60 Å². The van der Waals surface area contributed by atoms with Crippen molar-refractivity contribution in [2.24, 2.45) is 16.8 Å². The van der Waals surface area contributed by atoms with Gasteiger partial charge in [0.25, 0.3) is 0 Å². The Morgan fingerprint density at radius 1 is 1.26 bits per heavy atom. The van der Waals surface area contributed by atoms with Crippen LogP contribution in [0.4, 0.5) is 18.0 Å². The number of halogens is 3. The highest BCUT2D eigenvalue weighted by atomic mass is 19.4. The zero-order valence-electron chi connectivity index (χ0n) is 13.1. The quantitative estimate of drug-likeness (QED) is 0.353. The zero-order chi connectivity index (χ0) is 17.8.